The van der Waals surface area contributed by atoms with Crippen LogP contribution in [-0.2, 0) is 15.8 Å². The Morgan fingerprint density at radius 2 is 2.11 bits per heavy atom. The van der Waals surface area contributed by atoms with E-state index in [0.717, 1.165) is 0 Å². The summed E-state index contributed by atoms with van der Waals surface area (Å²) >= 11 is 0. The maximum atomic E-state index is 11.8. The van der Waals surface area contributed by atoms with Crippen molar-refractivity contribution in [2.24, 2.45) is 0 Å². The number of sulfonamides is 1. The first-order chi connectivity index (χ1) is 8.35. The van der Waals surface area contributed by atoms with Crippen LogP contribution in [0.15, 0.2) is 36.9 Å². The molecule has 0 radical (unpaired) electrons. The predicted molar refractivity (Wildman–Crippen MR) is 68.5 cm³/mol. The van der Waals surface area contributed by atoms with Crippen LogP contribution in [0.1, 0.15) is 12.5 Å². The van der Waals surface area contributed by atoms with E-state index in [4.69, 9.17) is 0 Å². The number of nitrogens with one attached hydrogen (secondary N) is 1. The topological polar surface area (TPSA) is 89.3 Å². The fraction of sp³-hybridized carbons (Fsp3) is 0.273. The van der Waals surface area contributed by atoms with Gasteiger partial charge in [0.25, 0.3) is 5.69 Å². The van der Waals surface area contributed by atoms with Crippen LogP contribution in [0, 0.1) is 10.1 Å². The van der Waals surface area contributed by atoms with Gasteiger partial charge in [0.2, 0.25) is 10.0 Å². The minimum absolute atomic E-state index is 0.159. The number of nitro groups is 1. The van der Waals surface area contributed by atoms with Gasteiger partial charge in [0.1, 0.15) is 0 Å². The molecule has 1 atom stereocenters. The van der Waals surface area contributed by atoms with E-state index in [0.29, 0.717) is 0 Å². The molecular formula is C11H14N2O4S. The average molecular weight is 270 g/mol. The second-order valence-corrected chi connectivity index (χ2v) is 5.54. The number of hydrogen-bond donors (Lipinski definition) is 1. The monoisotopic (exact) mass is 270 g/mol. The van der Waals surface area contributed by atoms with Crippen molar-refractivity contribution in [1.82, 2.24) is 4.72 Å². The van der Waals surface area contributed by atoms with Gasteiger partial charge in [-0.25, -0.2) is 13.1 Å². The van der Waals surface area contributed by atoms with Crippen molar-refractivity contribution >= 4 is 15.7 Å². The number of nitrogens with zero attached hydrogens (tertiary/aromatic N) is 1. The molecule has 0 spiro atoms. The zero-order chi connectivity index (χ0) is 13.8. The van der Waals surface area contributed by atoms with Crippen LogP contribution in [0.25, 0.3) is 0 Å². The van der Waals surface area contributed by atoms with Crippen molar-refractivity contribution in [3.05, 3.63) is 52.6 Å². The Hall–Kier alpha value is -1.73. The standard InChI is InChI=1S/C11H14N2O4S/c1-3-9(2)12-18(16,17)8-10-6-4-5-7-11(10)13(14)15/h3-7,9,12H,1,8H2,2H3. The maximum absolute atomic E-state index is 11.8. The molecule has 0 saturated heterocycles. The highest BCUT2D eigenvalue weighted by molar-refractivity contribution is 7.88. The summed E-state index contributed by atoms with van der Waals surface area (Å²) in [6, 6.07) is 5.35. The molecule has 1 aromatic carbocycles. The smallest absolute Gasteiger partial charge is 0.258 e. The highest BCUT2D eigenvalue weighted by Gasteiger charge is 2.20. The van der Waals surface area contributed by atoms with Gasteiger partial charge in [0.05, 0.1) is 10.7 Å². The summed E-state index contributed by atoms with van der Waals surface area (Å²) in [5.74, 6) is -0.428. The third-order valence-electron chi connectivity index (χ3n) is 2.25. The van der Waals surface area contributed by atoms with Gasteiger partial charge in [-0.2, -0.15) is 0 Å². The minimum Gasteiger partial charge on any atom is -0.258 e. The van der Waals surface area contributed by atoms with Crippen molar-refractivity contribution in [1.29, 1.82) is 0 Å². The van der Waals surface area contributed by atoms with Gasteiger partial charge in [-0.05, 0) is 6.92 Å². The molecule has 6 nitrogen and oxygen atoms in total. The molecule has 0 aliphatic carbocycles. The van der Waals surface area contributed by atoms with Gasteiger partial charge < -0.3 is 0 Å². The van der Waals surface area contributed by atoms with Gasteiger partial charge in [0.15, 0.2) is 0 Å². The van der Waals surface area contributed by atoms with Gasteiger partial charge in [-0.1, -0.05) is 24.3 Å². The highest BCUT2D eigenvalue weighted by atomic mass is 32.2. The van der Waals surface area contributed by atoms with E-state index in [1.807, 2.05) is 0 Å². The summed E-state index contributed by atoms with van der Waals surface area (Å²) in [6.45, 7) is 5.09. The summed E-state index contributed by atoms with van der Waals surface area (Å²) < 4.78 is 25.9. The number of rotatable bonds is 6. The molecule has 0 aliphatic rings. The molecule has 0 fully saturated rings. The fourth-order valence-electron chi connectivity index (χ4n) is 1.39. The second kappa shape index (κ2) is 5.74. The van der Waals surface area contributed by atoms with Crippen LogP contribution in [0.4, 0.5) is 5.69 Å². The van der Waals surface area contributed by atoms with Crippen molar-refractivity contribution in [3.8, 4) is 0 Å². The summed E-state index contributed by atoms with van der Waals surface area (Å²) in [6.07, 6.45) is 1.44. The molecule has 0 saturated carbocycles. The van der Waals surface area contributed by atoms with E-state index in [1.165, 1.54) is 24.3 Å². The summed E-state index contributed by atoms with van der Waals surface area (Å²) in [5, 5.41) is 10.8. The van der Waals surface area contributed by atoms with E-state index >= 15 is 0 Å². The van der Waals surface area contributed by atoms with Crippen LogP contribution in [0.2, 0.25) is 0 Å². The SMILES string of the molecule is C=CC(C)NS(=O)(=O)Cc1ccccc1[N+](=O)[O-]. The number of nitro benzene ring substituents is 1. The predicted octanol–water partition coefficient (Wildman–Crippen LogP) is 1.59. The van der Waals surface area contributed by atoms with E-state index < -0.39 is 26.7 Å². The molecule has 1 rings (SSSR count). The molecule has 0 bridgehead atoms. The summed E-state index contributed by atoms with van der Waals surface area (Å²) in [5.41, 5.74) is -0.0413. The van der Waals surface area contributed by atoms with E-state index in [2.05, 4.69) is 11.3 Å². The molecule has 7 heteroatoms. The molecule has 1 aromatic rings. The molecule has 0 amide bonds. The van der Waals surface area contributed by atoms with Crippen LogP contribution < -0.4 is 4.72 Å². The zero-order valence-corrected chi connectivity index (χ0v) is 10.7. The third-order valence-corrected chi connectivity index (χ3v) is 3.67. The molecular weight excluding hydrogens is 256 g/mol. The fourth-order valence-corrected chi connectivity index (χ4v) is 2.79. The lowest BCUT2D eigenvalue weighted by Crippen LogP contribution is -2.32. The largest absolute Gasteiger partial charge is 0.273 e. The number of para-hydroxylation sites is 1. The number of hydrogen-bond acceptors (Lipinski definition) is 4. The Morgan fingerprint density at radius 1 is 1.50 bits per heavy atom. The van der Waals surface area contributed by atoms with E-state index in [9.17, 15) is 18.5 Å². The van der Waals surface area contributed by atoms with Crippen LogP contribution in [0.5, 0.6) is 0 Å². The highest BCUT2D eigenvalue weighted by Crippen LogP contribution is 2.19. The van der Waals surface area contributed by atoms with Crippen molar-refractivity contribution in [2.75, 3.05) is 0 Å². The van der Waals surface area contributed by atoms with E-state index in [1.54, 1.807) is 13.0 Å². The van der Waals surface area contributed by atoms with Gasteiger partial charge in [0, 0.05) is 17.7 Å². The van der Waals surface area contributed by atoms with Crippen LogP contribution in [-0.4, -0.2) is 19.4 Å². The zero-order valence-electron chi connectivity index (χ0n) is 9.87. The summed E-state index contributed by atoms with van der Waals surface area (Å²) in [4.78, 5) is 10.2. The quantitative estimate of drug-likeness (QED) is 0.483. The lowest BCUT2D eigenvalue weighted by atomic mass is 10.2. The van der Waals surface area contributed by atoms with Crippen molar-refractivity contribution < 1.29 is 13.3 Å². The Balaban J connectivity index is 2.97. The lowest BCUT2D eigenvalue weighted by Gasteiger charge is -2.10. The van der Waals surface area contributed by atoms with Crippen LogP contribution in [0.3, 0.4) is 0 Å². The maximum Gasteiger partial charge on any atom is 0.273 e. The lowest BCUT2D eigenvalue weighted by molar-refractivity contribution is -0.385. The van der Waals surface area contributed by atoms with Gasteiger partial charge in [-0.15, -0.1) is 6.58 Å². The van der Waals surface area contributed by atoms with Crippen molar-refractivity contribution in [2.45, 2.75) is 18.7 Å². The minimum atomic E-state index is -3.63. The molecule has 1 N–H and O–H groups in total. The Kier molecular flexibility index (Phi) is 4.57. The molecule has 0 aromatic heterocycles. The van der Waals surface area contributed by atoms with Crippen LogP contribution >= 0.6 is 0 Å². The Bertz CT molecular complexity index is 554. The number of benzene rings is 1. The summed E-state index contributed by atoms with van der Waals surface area (Å²) in [7, 11) is -3.63. The van der Waals surface area contributed by atoms with Crippen molar-refractivity contribution in [3.63, 3.8) is 0 Å². The normalized spacial score (nSPS) is 12.9. The first-order valence-corrected chi connectivity index (χ1v) is 6.86. The first kappa shape index (κ1) is 14.3. The second-order valence-electron chi connectivity index (χ2n) is 3.79. The molecule has 0 heterocycles. The molecule has 1 unspecified atom stereocenters. The third kappa shape index (κ3) is 3.94. The Labute approximate surface area is 106 Å². The molecule has 98 valence electrons. The van der Waals surface area contributed by atoms with E-state index in [-0.39, 0.29) is 11.3 Å². The van der Waals surface area contributed by atoms with Gasteiger partial charge in [-0.3, -0.25) is 10.1 Å². The van der Waals surface area contributed by atoms with Gasteiger partial charge >= 0.3 is 0 Å². The average Bonchev–Trinajstić information content (AvgIpc) is 2.28. The Morgan fingerprint density at radius 3 is 2.67 bits per heavy atom. The molecule has 0 aliphatic heterocycles. The first-order valence-electron chi connectivity index (χ1n) is 5.20. The molecule has 18 heavy (non-hydrogen) atoms.